The maximum atomic E-state index is 13.1. The van der Waals surface area contributed by atoms with Gasteiger partial charge in [0.25, 0.3) is 11.8 Å². The van der Waals surface area contributed by atoms with Gasteiger partial charge in [-0.1, -0.05) is 12.1 Å². The van der Waals surface area contributed by atoms with Crippen molar-refractivity contribution < 1.29 is 28.5 Å². The Labute approximate surface area is 188 Å². The number of rotatable bonds is 9. The number of carbonyl (C=O) groups excluding carboxylic acids is 2. The lowest BCUT2D eigenvalue weighted by atomic mass is 10.1. The Morgan fingerprint density at radius 1 is 0.844 bits per heavy atom. The maximum Gasteiger partial charge on any atom is 0.257 e. The van der Waals surface area contributed by atoms with Gasteiger partial charge in [-0.3, -0.25) is 9.59 Å². The number of nitrogens with zero attached hydrogens (tertiary/aromatic N) is 2. The number of benzene rings is 2. The number of carbonyl (C=O) groups is 2. The van der Waals surface area contributed by atoms with Crippen molar-refractivity contribution in [2.24, 2.45) is 0 Å². The first kappa shape index (κ1) is 23.4. The van der Waals surface area contributed by atoms with Crippen LogP contribution < -0.4 is 14.2 Å². The molecule has 1 heterocycles. The number of para-hydroxylation sites is 1. The number of amides is 2. The smallest absolute Gasteiger partial charge is 0.257 e. The van der Waals surface area contributed by atoms with Crippen LogP contribution in [-0.4, -0.2) is 81.8 Å². The predicted molar refractivity (Wildman–Crippen MR) is 120 cm³/mol. The van der Waals surface area contributed by atoms with E-state index < -0.39 is 0 Å². The molecule has 32 heavy (non-hydrogen) atoms. The van der Waals surface area contributed by atoms with Crippen LogP contribution in [0.5, 0.6) is 17.2 Å². The first-order chi connectivity index (χ1) is 15.6. The van der Waals surface area contributed by atoms with Gasteiger partial charge < -0.3 is 28.7 Å². The number of ether oxygens (including phenoxy) is 4. The largest absolute Gasteiger partial charge is 0.497 e. The molecule has 172 valence electrons. The van der Waals surface area contributed by atoms with E-state index in [-0.39, 0.29) is 11.8 Å². The van der Waals surface area contributed by atoms with E-state index >= 15 is 0 Å². The van der Waals surface area contributed by atoms with Crippen LogP contribution in [0.2, 0.25) is 0 Å². The van der Waals surface area contributed by atoms with Crippen LogP contribution >= 0.6 is 0 Å². The molecule has 8 nitrogen and oxygen atoms in total. The summed E-state index contributed by atoms with van der Waals surface area (Å²) in [6.45, 7) is 5.16. The summed E-state index contributed by atoms with van der Waals surface area (Å²) in [5.41, 5.74) is 1.01. The lowest BCUT2D eigenvalue weighted by Gasteiger charge is -2.35. The number of hydrogen-bond donors (Lipinski definition) is 0. The molecule has 1 aliphatic heterocycles. The Morgan fingerprint density at radius 2 is 1.44 bits per heavy atom. The first-order valence-corrected chi connectivity index (χ1v) is 10.7. The van der Waals surface area contributed by atoms with Gasteiger partial charge in [-0.05, 0) is 31.2 Å². The molecule has 0 bridgehead atoms. The fourth-order valence-corrected chi connectivity index (χ4v) is 3.52. The lowest BCUT2D eigenvalue weighted by molar-refractivity contribution is 0.0531. The molecule has 3 rings (SSSR count). The molecule has 0 spiro atoms. The van der Waals surface area contributed by atoms with Crippen LogP contribution in [0.25, 0.3) is 0 Å². The van der Waals surface area contributed by atoms with Crippen molar-refractivity contribution in [1.29, 1.82) is 0 Å². The molecular weight excluding hydrogens is 412 g/mol. The van der Waals surface area contributed by atoms with Crippen LogP contribution in [0, 0.1) is 0 Å². The van der Waals surface area contributed by atoms with E-state index in [1.165, 1.54) is 0 Å². The topological polar surface area (TPSA) is 77.5 Å². The minimum Gasteiger partial charge on any atom is -0.497 e. The van der Waals surface area contributed by atoms with E-state index in [4.69, 9.17) is 18.9 Å². The maximum absolute atomic E-state index is 13.1. The van der Waals surface area contributed by atoms with Gasteiger partial charge in [0.05, 0.1) is 26.4 Å². The highest BCUT2D eigenvalue weighted by Gasteiger charge is 2.27. The second kappa shape index (κ2) is 11.4. The van der Waals surface area contributed by atoms with E-state index in [0.29, 0.717) is 74.4 Å². The van der Waals surface area contributed by atoms with Gasteiger partial charge in [0, 0.05) is 44.4 Å². The van der Waals surface area contributed by atoms with E-state index in [2.05, 4.69) is 0 Å². The van der Waals surface area contributed by atoms with Crippen LogP contribution in [-0.2, 0) is 4.74 Å². The van der Waals surface area contributed by atoms with Gasteiger partial charge in [0.15, 0.2) is 0 Å². The Kier molecular flexibility index (Phi) is 8.33. The summed E-state index contributed by atoms with van der Waals surface area (Å²) < 4.78 is 21.6. The Morgan fingerprint density at radius 3 is 2.03 bits per heavy atom. The van der Waals surface area contributed by atoms with Gasteiger partial charge >= 0.3 is 0 Å². The SMILES string of the molecule is CCOCCOc1ccccc1C(=O)N1CCN(C(=O)c2cc(OC)cc(OC)c2)CC1. The summed E-state index contributed by atoms with van der Waals surface area (Å²) in [5.74, 6) is 1.44. The van der Waals surface area contributed by atoms with Gasteiger partial charge in [-0.2, -0.15) is 0 Å². The molecule has 2 aromatic carbocycles. The predicted octanol–water partition coefficient (Wildman–Crippen LogP) is 2.72. The standard InChI is InChI=1S/C24H30N2O6/c1-4-31-13-14-32-22-8-6-5-7-21(22)24(28)26-11-9-25(10-12-26)23(27)18-15-19(29-2)17-20(16-18)30-3/h5-8,15-17H,4,9-14H2,1-3H3. The van der Waals surface area contributed by atoms with Crippen molar-refractivity contribution in [3.05, 3.63) is 53.6 Å². The third-order valence-corrected chi connectivity index (χ3v) is 5.26. The molecule has 0 saturated carbocycles. The van der Waals surface area contributed by atoms with Gasteiger partial charge in [-0.15, -0.1) is 0 Å². The van der Waals surface area contributed by atoms with Crippen LogP contribution in [0.4, 0.5) is 0 Å². The Balaban J connectivity index is 1.62. The van der Waals surface area contributed by atoms with Crippen LogP contribution in [0.1, 0.15) is 27.6 Å². The third-order valence-electron chi connectivity index (χ3n) is 5.26. The molecule has 0 unspecified atom stereocenters. The number of hydrogen-bond acceptors (Lipinski definition) is 6. The second-order valence-corrected chi connectivity index (χ2v) is 7.23. The monoisotopic (exact) mass is 442 g/mol. The second-order valence-electron chi connectivity index (χ2n) is 7.23. The average molecular weight is 443 g/mol. The highest BCUT2D eigenvalue weighted by Crippen LogP contribution is 2.25. The fraction of sp³-hybridized carbons (Fsp3) is 0.417. The van der Waals surface area contributed by atoms with E-state index in [1.54, 1.807) is 54.4 Å². The Hall–Kier alpha value is -3.26. The number of piperazine rings is 1. The van der Waals surface area contributed by atoms with E-state index in [9.17, 15) is 9.59 Å². The van der Waals surface area contributed by atoms with Gasteiger partial charge in [0.2, 0.25) is 0 Å². The van der Waals surface area contributed by atoms with Crippen molar-refractivity contribution in [2.75, 3.05) is 60.2 Å². The van der Waals surface area contributed by atoms with Crippen LogP contribution in [0.15, 0.2) is 42.5 Å². The molecule has 0 N–H and O–H groups in total. The molecule has 1 saturated heterocycles. The fourth-order valence-electron chi connectivity index (χ4n) is 3.52. The van der Waals surface area contributed by atoms with E-state index in [0.717, 1.165) is 0 Å². The molecule has 0 atom stereocenters. The Bertz CT molecular complexity index is 902. The molecule has 0 radical (unpaired) electrons. The molecule has 0 aliphatic carbocycles. The minimum absolute atomic E-state index is 0.104. The third kappa shape index (κ3) is 5.70. The molecule has 2 amide bonds. The molecule has 1 fully saturated rings. The zero-order chi connectivity index (χ0) is 22.9. The summed E-state index contributed by atoms with van der Waals surface area (Å²) >= 11 is 0. The average Bonchev–Trinajstić information content (AvgIpc) is 2.85. The zero-order valence-electron chi connectivity index (χ0n) is 18.8. The summed E-state index contributed by atoms with van der Waals surface area (Å²) in [6.07, 6.45) is 0. The first-order valence-electron chi connectivity index (χ1n) is 10.7. The normalized spacial score (nSPS) is 13.6. The van der Waals surface area contributed by atoms with Crippen molar-refractivity contribution in [3.63, 3.8) is 0 Å². The van der Waals surface area contributed by atoms with Gasteiger partial charge in [-0.25, -0.2) is 0 Å². The molecule has 2 aromatic rings. The minimum atomic E-state index is -0.117. The molecular formula is C24H30N2O6. The summed E-state index contributed by atoms with van der Waals surface area (Å²) in [4.78, 5) is 29.6. The van der Waals surface area contributed by atoms with Crippen molar-refractivity contribution in [2.45, 2.75) is 6.92 Å². The summed E-state index contributed by atoms with van der Waals surface area (Å²) in [6, 6.07) is 12.3. The number of methoxy groups -OCH3 is 2. The van der Waals surface area contributed by atoms with Crippen molar-refractivity contribution in [3.8, 4) is 17.2 Å². The highest BCUT2D eigenvalue weighted by molar-refractivity contribution is 5.98. The molecule has 0 aromatic heterocycles. The molecule has 1 aliphatic rings. The van der Waals surface area contributed by atoms with E-state index in [1.807, 2.05) is 19.1 Å². The quantitative estimate of drug-likeness (QED) is 0.556. The van der Waals surface area contributed by atoms with Gasteiger partial charge in [0.1, 0.15) is 23.9 Å². The lowest BCUT2D eigenvalue weighted by Crippen LogP contribution is -2.50. The highest BCUT2D eigenvalue weighted by atomic mass is 16.5. The zero-order valence-corrected chi connectivity index (χ0v) is 18.8. The van der Waals surface area contributed by atoms with Crippen LogP contribution in [0.3, 0.4) is 0 Å². The van der Waals surface area contributed by atoms with Crippen molar-refractivity contribution >= 4 is 11.8 Å². The summed E-state index contributed by atoms with van der Waals surface area (Å²) in [5, 5.41) is 0. The summed E-state index contributed by atoms with van der Waals surface area (Å²) in [7, 11) is 3.09. The molecule has 8 heteroatoms. The van der Waals surface area contributed by atoms with Crippen molar-refractivity contribution in [1.82, 2.24) is 9.80 Å².